The number of hydrogen-bond acceptors (Lipinski definition) is 1. The Balaban J connectivity index is 2.36. The van der Waals surface area contributed by atoms with E-state index in [9.17, 15) is 0 Å². The van der Waals surface area contributed by atoms with Crippen LogP contribution < -0.4 is 5.73 Å². The van der Waals surface area contributed by atoms with Gasteiger partial charge in [0.2, 0.25) is 0 Å². The summed E-state index contributed by atoms with van der Waals surface area (Å²) in [5, 5.41) is 0. The van der Waals surface area contributed by atoms with E-state index in [4.69, 9.17) is 5.73 Å². The first-order chi connectivity index (χ1) is 5.81. The van der Waals surface area contributed by atoms with Gasteiger partial charge >= 0.3 is 0 Å². The second-order valence-corrected chi connectivity index (χ2v) is 3.35. The Bertz CT molecular complexity index is 289. The monoisotopic (exact) mass is 159 g/mol. The topological polar surface area (TPSA) is 26.0 Å². The quantitative estimate of drug-likeness (QED) is 0.624. The third-order valence-corrected chi connectivity index (χ3v) is 2.45. The van der Waals surface area contributed by atoms with Crippen molar-refractivity contribution in [1.29, 1.82) is 0 Å². The van der Waals surface area contributed by atoms with Gasteiger partial charge in [-0.1, -0.05) is 42.5 Å². The summed E-state index contributed by atoms with van der Waals surface area (Å²) in [7, 11) is 0. The van der Waals surface area contributed by atoms with Crippen molar-refractivity contribution in [3.63, 3.8) is 0 Å². The highest BCUT2D eigenvalue weighted by Gasteiger charge is 2.25. The number of benzene rings is 1. The molecule has 0 amide bonds. The van der Waals surface area contributed by atoms with Crippen LogP contribution >= 0.6 is 0 Å². The van der Waals surface area contributed by atoms with E-state index in [1.165, 1.54) is 5.56 Å². The SMILES string of the molecule is NC1(c2ccccc2)C=CCC1. The molecule has 1 aliphatic rings. The van der Waals surface area contributed by atoms with Gasteiger partial charge < -0.3 is 5.73 Å². The molecule has 1 atom stereocenters. The summed E-state index contributed by atoms with van der Waals surface area (Å²) in [4.78, 5) is 0. The molecular formula is C11H13N. The van der Waals surface area contributed by atoms with Gasteiger partial charge in [0.15, 0.2) is 0 Å². The largest absolute Gasteiger partial charge is 0.318 e. The van der Waals surface area contributed by atoms with Crippen LogP contribution in [0.5, 0.6) is 0 Å². The first-order valence-corrected chi connectivity index (χ1v) is 4.33. The van der Waals surface area contributed by atoms with E-state index in [1.54, 1.807) is 0 Å². The van der Waals surface area contributed by atoms with Crippen LogP contribution in [0.4, 0.5) is 0 Å². The molecule has 0 saturated heterocycles. The first-order valence-electron chi connectivity index (χ1n) is 4.33. The Morgan fingerprint density at radius 1 is 1.17 bits per heavy atom. The lowest BCUT2D eigenvalue weighted by Gasteiger charge is -2.21. The van der Waals surface area contributed by atoms with Crippen molar-refractivity contribution in [3.8, 4) is 0 Å². The molecule has 0 saturated carbocycles. The standard InChI is InChI=1S/C11H13N/c12-11(8-4-5-9-11)10-6-2-1-3-7-10/h1-4,6-8H,5,9,12H2. The molecule has 1 aromatic rings. The lowest BCUT2D eigenvalue weighted by atomic mass is 9.91. The Morgan fingerprint density at radius 2 is 1.92 bits per heavy atom. The smallest absolute Gasteiger partial charge is 0.0598 e. The van der Waals surface area contributed by atoms with Crippen LogP contribution in [-0.2, 0) is 5.54 Å². The van der Waals surface area contributed by atoms with E-state index in [2.05, 4.69) is 24.3 Å². The van der Waals surface area contributed by atoms with Gasteiger partial charge in [0.1, 0.15) is 0 Å². The van der Waals surface area contributed by atoms with Gasteiger partial charge in [-0.25, -0.2) is 0 Å². The lowest BCUT2D eigenvalue weighted by Crippen LogP contribution is -2.31. The van der Waals surface area contributed by atoms with Crippen LogP contribution in [0.1, 0.15) is 18.4 Å². The van der Waals surface area contributed by atoms with Crippen molar-refractivity contribution in [1.82, 2.24) is 0 Å². The highest BCUT2D eigenvalue weighted by atomic mass is 14.7. The highest BCUT2D eigenvalue weighted by molar-refractivity contribution is 5.31. The molecule has 1 nitrogen and oxygen atoms in total. The molecule has 0 radical (unpaired) electrons. The summed E-state index contributed by atoms with van der Waals surface area (Å²) in [5.74, 6) is 0. The van der Waals surface area contributed by atoms with Crippen molar-refractivity contribution in [2.24, 2.45) is 5.73 Å². The molecule has 1 aliphatic carbocycles. The fourth-order valence-corrected chi connectivity index (χ4v) is 1.69. The Labute approximate surface area is 72.9 Å². The van der Waals surface area contributed by atoms with Gasteiger partial charge in [0.05, 0.1) is 5.54 Å². The van der Waals surface area contributed by atoms with Gasteiger partial charge in [0.25, 0.3) is 0 Å². The molecule has 0 aromatic heterocycles. The molecular weight excluding hydrogens is 146 g/mol. The minimum absolute atomic E-state index is 0.193. The molecule has 12 heavy (non-hydrogen) atoms. The Morgan fingerprint density at radius 3 is 2.50 bits per heavy atom. The molecule has 2 rings (SSSR count). The molecule has 1 aromatic carbocycles. The minimum atomic E-state index is -0.193. The third-order valence-electron chi connectivity index (χ3n) is 2.45. The van der Waals surface area contributed by atoms with E-state index in [0.717, 1.165) is 12.8 Å². The predicted octanol–water partition coefficient (Wildman–Crippen LogP) is 2.19. The zero-order chi connectivity index (χ0) is 8.44. The van der Waals surface area contributed by atoms with E-state index in [1.807, 2.05) is 18.2 Å². The zero-order valence-corrected chi connectivity index (χ0v) is 7.03. The van der Waals surface area contributed by atoms with E-state index in [-0.39, 0.29) is 5.54 Å². The van der Waals surface area contributed by atoms with Crippen molar-refractivity contribution in [2.45, 2.75) is 18.4 Å². The molecule has 0 spiro atoms. The summed E-state index contributed by atoms with van der Waals surface area (Å²) in [5.41, 5.74) is 7.22. The van der Waals surface area contributed by atoms with Crippen molar-refractivity contribution in [3.05, 3.63) is 48.0 Å². The van der Waals surface area contributed by atoms with Crippen LogP contribution in [0.15, 0.2) is 42.5 Å². The normalized spacial score (nSPS) is 27.8. The number of nitrogens with two attached hydrogens (primary N) is 1. The second-order valence-electron chi connectivity index (χ2n) is 3.35. The van der Waals surface area contributed by atoms with Crippen LogP contribution in [-0.4, -0.2) is 0 Å². The van der Waals surface area contributed by atoms with Crippen LogP contribution in [0.2, 0.25) is 0 Å². The first kappa shape index (κ1) is 7.56. The van der Waals surface area contributed by atoms with Crippen LogP contribution in [0.3, 0.4) is 0 Å². The Hall–Kier alpha value is -1.08. The summed E-state index contributed by atoms with van der Waals surface area (Å²) < 4.78 is 0. The average molecular weight is 159 g/mol. The minimum Gasteiger partial charge on any atom is -0.318 e. The van der Waals surface area contributed by atoms with Gasteiger partial charge in [-0.05, 0) is 18.4 Å². The zero-order valence-electron chi connectivity index (χ0n) is 7.03. The fraction of sp³-hybridized carbons (Fsp3) is 0.273. The summed E-state index contributed by atoms with van der Waals surface area (Å²) in [6.07, 6.45) is 6.41. The fourth-order valence-electron chi connectivity index (χ4n) is 1.69. The molecule has 1 unspecified atom stereocenters. The van der Waals surface area contributed by atoms with E-state index >= 15 is 0 Å². The van der Waals surface area contributed by atoms with Crippen LogP contribution in [0.25, 0.3) is 0 Å². The lowest BCUT2D eigenvalue weighted by molar-refractivity contribution is 0.548. The average Bonchev–Trinajstić information content (AvgIpc) is 2.55. The van der Waals surface area contributed by atoms with Crippen molar-refractivity contribution in [2.75, 3.05) is 0 Å². The molecule has 1 heteroatoms. The maximum atomic E-state index is 6.19. The molecule has 62 valence electrons. The van der Waals surface area contributed by atoms with Gasteiger partial charge in [-0.15, -0.1) is 0 Å². The van der Waals surface area contributed by atoms with Gasteiger partial charge in [-0.3, -0.25) is 0 Å². The predicted molar refractivity (Wildman–Crippen MR) is 50.7 cm³/mol. The van der Waals surface area contributed by atoms with E-state index in [0.29, 0.717) is 0 Å². The molecule has 0 fully saturated rings. The summed E-state index contributed by atoms with van der Waals surface area (Å²) >= 11 is 0. The third kappa shape index (κ3) is 1.16. The number of hydrogen-bond donors (Lipinski definition) is 1. The van der Waals surface area contributed by atoms with Gasteiger partial charge in [-0.2, -0.15) is 0 Å². The van der Waals surface area contributed by atoms with E-state index < -0.39 is 0 Å². The van der Waals surface area contributed by atoms with Crippen molar-refractivity contribution < 1.29 is 0 Å². The van der Waals surface area contributed by atoms with Crippen molar-refractivity contribution >= 4 is 0 Å². The summed E-state index contributed by atoms with van der Waals surface area (Å²) in [6, 6.07) is 10.3. The second kappa shape index (κ2) is 2.76. The van der Waals surface area contributed by atoms with Gasteiger partial charge in [0, 0.05) is 0 Å². The van der Waals surface area contributed by atoms with Crippen LogP contribution in [0, 0.1) is 0 Å². The molecule has 0 aliphatic heterocycles. The highest BCUT2D eigenvalue weighted by Crippen LogP contribution is 2.29. The summed E-state index contributed by atoms with van der Waals surface area (Å²) in [6.45, 7) is 0. The maximum absolute atomic E-state index is 6.19. The molecule has 0 heterocycles. The molecule has 2 N–H and O–H groups in total. The molecule has 0 bridgehead atoms. The Kier molecular flexibility index (Phi) is 1.74. The maximum Gasteiger partial charge on any atom is 0.0598 e. The number of rotatable bonds is 1. The number of allylic oxidation sites excluding steroid dienone is 1.